The summed E-state index contributed by atoms with van der Waals surface area (Å²) in [6.07, 6.45) is 3.29. The van der Waals surface area contributed by atoms with Crippen molar-refractivity contribution in [2.45, 2.75) is 39.2 Å². The first kappa shape index (κ1) is 21.9. The summed E-state index contributed by atoms with van der Waals surface area (Å²) < 4.78 is 5.72. The van der Waals surface area contributed by atoms with E-state index in [1.165, 1.54) is 5.56 Å². The highest BCUT2D eigenvalue weighted by molar-refractivity contribution is 14.0. The van der Waals surface area contributed by atoms with E-state index in [2.05, 4.69) is 28.2 Å². The Hall–Kier alpha value is -1.35. The third-order valence-electron chi connectivity index (χ3n) is 5.03. The van der Waals surface area contributed by atoms with Gasteiger partial charge >= 0.3 is 0 Å². The fourth-order valence-electron chi connectivity index (χ4n) is 3.72. The van der Waals surface area contributed by atoms with Gasteiger partial charge in [-0.2, -0.15) is 0 Å². The fourth-order valence-corrected chi connectivity index (χ4v) is 3.72. The van der Waals surface area contributed by atoms with Crippen molar-refractivity contribution in [1.82, 2.24) is 10.2 Å². The number of carbonyl (C=O) groups is 1. The summed E-state index contributed by atoms with van der Waals surface area (Å²) in [6, 6.07) is 8.13. The summed E-state index contributed by atoms with van der Waals surface area (Å²) in [5.74, 6) is 0.901. The highest BCUT2D eigenvalue weighted by Crippen LogP contribution is 2.27. The number of carbonyl (C=O) groups excluding carboxylic acids is 1. The molecular formula is C20H31IN4O2. The molecule has 0 spiro atoms. The van der Waals surface area contributed by atoms with E-state index in [4.69, 9.17) is 4.74 Å². The molecule has 1 amide bonds. The van der Waals surface area contributed by atoms with Gasteiger partial charge in [0.05, 0.1) is 6.10 Å². The molecule has 0 aliphatic carbocycles. The van der Waals surface area contributed by atoms with Crippen molar-refractivity contribution in [1.29, 1.82) is 0 Å². The van der Waals surface area contributed by atoms with Crippen molar-refractivity contribution in [3.63, 3.8) is 0 Å². The van der Waals surface area contributed by atoms with Crippen LogP contribution in [-0.2, 0) is 16.0 Å². The second-order valence-corrected chi connectivity index (χ2v) is 6.74. The summed E-state index contributed by atoms with van der Waals surface area (Å²) in [6.45, 7) is 8.43. The molecule has 2 aliphatic rings. The number of rotatable bonds is 5. The van der Waals surface area contributed by atoms with Crippen molar-refractivity contribution in [3.8, 4) is 0 Å². The van der Waals surface area contributed by atoms with Gasteiger partial charge in [0, 0.05) is 38.5 Å². The van der Waals surface area contributed by atoms with Crippen LogP contribution in [0, 0.1) is 0 Å². The highest BCUT2D eigenvalue weighted by Gasteiger charge is 2.25. The zero-order valence-corrected chi connectivity index (χ0v) is 18.6. The number of nitrogens with zero attached hydrogens (tertiary/aromatic N) is 3. The second kappa shape index (κ2) is 10.8. The van der Waals surface area contributed by atoms with Gasteiger partial charge in [-0.25, -0.2) is 4.99 Å². The summed E-state index contributed by atoms with van der Waals surface area (Å²) in [5.41, 5.74) is 2.28. The first-order valence-electron chi connectivity index (χ1n) is 9.76. The largest absolute Gasteiger partial charge is 0.378 e. The van der Waals surface area contributed by atoms with E-state index in [-0.39, 0.29) is 36.4 Å². The molecule has 150 valence electrons. The molecule has 7 heteroatoms. The first-order chi connectivity index (χ1) is 12.7. The number of guanidine groups is 1. The molecule has 1 aromatic carbocycles. The third-order valence-corrected chi connectivity index (χ3v) is 5.03. The zero-order valence-electron chi connectivity index (χ0n) is 16.3. The topological polar surface area (TPSA) is 57.2 Å². The van der Waals surface area contributed by atoms with Gasteiger partial charge < -0.3 is 19.9 Å². The van der Waals surface area contributed by atoms with E-state index in [1.54, 1.807) is 0 Å². The number of aliphatic imine (C=N–C) groups is 1. The SMILES string of the molecule is CCNC(=NCC(=O)N1CCc2ccccc21)N1CCC(OCC)CC1.I. The number of hydrogen-bond acceptors (Lipinski definition) is 3. The number of piperidine rings is 1. The number of para-hydroxylation sites is 1. The van der Waals surface area contributed by atoms with Crippen LogP contribution in [0.15, 0.2) is 29.3 Å². The van der Waals surface area contributed by atoms with Gasteiger partial charge in [-0.1, -0.05) is 18.2 Å². The Morgan fingerprint density at radius 1 is 1.22 bits per heavy atom. The van der Waals surface area contributed by atoms with Crippen molar-refractivity contribution in [3.05, 3.63) is 29.8 Å². The lowest BCUT2D eigenvalue weighted by Crippen LogP contribution is -2.47. The highest BCUT2D eigenvalue weighted by atomic mass is 127. The Bertz CT molecular complexity index is 645. The van der Waals surface area contributed by atoms with Gasteiger partial charge in [-0.05, 0) is 44.7 Å². The van der Waals surface area contributed by atoms with Crippen LogP contribution < -0.4 is 10.2 Å². The summed E-state index contributed by atoms with van der Waals surface area (Å²) in [7, 11) is 0. The molecule has 0 aromatic heterocycles. The minimum Gasteiger partial charge on any atom is -0.378 e. The van der Waals surface area contributed by atoms with Crippen LogP contribution in [0.4, 0.5) is 5.69 Å². The Labute approximate surface area is 179 Å². The number of amides is 1. The first-order valence-corrected chi connectivity index (χ1v) is 9.76. The van der Waals surface area contributed by atoms with Gasteiger partial charge in [0.15, 0.2) is 5.96 Å². The Morgan fingerprint density at radius 3 is 2.67 bits per heavy atom. The van der Waals surface area contributed by atoms with Gasteiger partial charge in [-0.3, -0.25) is 4.79 Å². The number of halogens is 1. The molecule has 0 bridgehead atoms. The molecule has 1 N–H and O–H groups in total. The van der Waals surface area contributed by atoms with Crippen molar-refractivity contribution in [2.24, 2.45) is 4.99 Å². The van der Waals surface area contributed by atoms with E-state index >= 15 is 0 Å². The smallest absolute Gasteiger partial charge is 0.248 e. The summed E-state index contributed by atoms with van der Waals surface area (Å²) >= 11 is 0. The quantitative estimate of drug-likeness (QED) is 0.395. The van der Waals surface area contributed by atoms with Crippen LogP contribution in [0.2, 0.25) is 0 Å². The van der Waals surface area contributed by atoms with Gasteiger partial charge in [-0.15, -0.1) is 24.0 Å². The molecule has 1 saturated heterocycles. The lowest BCUT2D eigenvalue weighted by atomic mass is 10.1. The molecule has 6 nitrogen and oxygen atoms in total. The Kier molecular flexibility index (Phi) is 8.82. The molecule has 2 aliphatic heterocycles. The summed E-state index contributed by atoms with van der Waals surface area (Å²) in [4.78, 5) is 21.4. The maximum absolute atomic E-state index is 12.7. The predicted molar refractivity (Wildman–Crippen MR) is 120 cm³/mol. The minimum absolute atomic E-state index is 0. The van der Waals surface area contributed by atoms with Crippen molar-refractivity contribution in [2.75, 3.05) is 44.2 Å². The third kappa shape index (κ3) is 5.57. The average molecular weight is 486 g/mol. The molecule has 0 unspecified atom stereocenters. The normalized spacial score (nSPS) is 17.5. The van der Waals surface area contributed by atoms with Crippen LogP contribution in [0.3, 0.4) is 0 Å². The van der Waals surface area contributed by atoms with Gasteiger partial charge in [0.2, 0.25) is 5.91 Å². The number of likely N-dealkylation sites (tertiary alicyclic amines) is 1. The molecule has 27 heavy (non-hydrogen) atoms. The molecule has 3 rings (SSSR count). The maximum Gasteiger partial charge on any atom is 0.248 e. The Balaban J connectivity index is 0.00000261. The van der Waals surface area contributed by atoms with Crippen LogP contribution >= 0.6 is 24.0 Å². The number of anilines is 1. The molecule has 0 atom stereocenters. The molecular weight excluding hydrogens is 455 g/mol. The van der Waals surface area contributed by atoms with E-state index < -0.39 is 0 Å². The van der Waals surface area contributed by atoms with Gasteiger partial charge in [0.25, 0.3) is 0 Å². The van der Waals surface area contributed by atoms with E-state index in [1.807, 2.05) is 30.0 Å². The summed E-state index contributed by atoms with van der Waals surface area (Å²) in [5, 5.41) is 3.33. The molecule has 1 fully saturated rings. The average Bonchev–Trinajstić information content (AvgIpc) is 3.10. The predicted octanol–water partition coefficient (Wildman–Crippen LogP) is 2.66. The minimum atomic E-state index is 0. The van der Waals surface area contributed by atoms with Crippen LogP contribution in [-0.4, -0.2) is 62.2 Å². The van der Waals surface area contributed by atoms with E-state index in [0.29, 0.717) is 6.10 Å². The molecule has 1 aromatic rings. The van der Waals surface area contributed by atoms with Gasteiger partial charge in [0.1, 0.15) is 6.54 Å². The number of hydrogen-bond donors (Lipinski definition) is 1. The second-order valence-electron chi connectivity index (χ2n) is 6.74. The Morgan fingerprint density at radius 2 is 1.96 bits per heavy atom. The van der Waals surface area contributed by atoms with Crippen LogP contribution in [0.1, 0.15) is 32.3 Å². The van der Waals surface area contributed by atoms with Crippen molar-refractivity contribution < 1.29 is 9.53 Å². The molecule has 0 saturated carbocycles. The van der Waals surface area contributed by atoms with Crippen LogP contribution in [0.25, 0.3) is 0 Å². The fraction of sp³-hybridized carbons (Fsp3) is 0.600. The number of nitrogens with one attached hydrogen (secondary N) is 1. The maximum atomic E-state index is 12.7. The lowest BCUT2D eigenvalue weighted by Gasteiger charge is -2.34. The molecule has 0 radical (unpaired) electrons. The van der Waals surface area contributed by atoms with E-state index in [9.17, 15) is 4.79 Å². The number of fused-ring (bicyclic) bond motifs is 1. The lowest BCUT2D eigenvalue weighted by molar-refractivity contribution is -0.117. The van der Waals surface area contributed by atoms with Crippen molar-refractivity contribution >= 4 is 41.5 Å². The monoisotopic (exact) mass is 486 g/mol. The number of benzene rings is 1. The van der Waals surface area contributed by atoms with Crippen LogP contribution in [0.5, 0.6) is 0 Å². The zero-order chi connectivity index (χ0) is 18.4. The molecule has 2 heterocycles. The number of ether oxygens (including phenoxy) is 1. The van der Waals surface area contributed by atoms with E-state index in [0.717, 1.165) is 63.7 Å². The standard InChI is InChI=1S/C20H30N4O2.HI/c1-3-21-20(23-12-10-17(11-13-23)26-4-2)22-15-19(25)24-14-9-16-7-5-6-8-18(16)24;/h5-8,17H,3-4,9-15H2,1-2H3,(H,21,22);1H.